The van der Waals surface area contributed by atoms with E-state index in [1.165, 1.54) is 0 Å². The number of hydrogen-bond donors (Lipinski definition) is 0. The predicted octanol–water partition coefficient (Wildman–Crippen LogP) is 0.114. The van der Waals surface area contributed by atoms with Crippen molar-refractivity contribution in [2.75, 3.05) is 0 Å². The quantitative estimate of drug-likeness (QED) is 0.543. The van der Waals surface area contributed by atoms with Crippen LogP contribution in [-0.2, 0) is 0 Å². The molecule has 1 nitrogen and oxygen atoms in total. The van der Waals surface area contributed by atoms with E-state index in [1.807, 2.05) is 19.1 Å². The number of rotatable bonds is 0. The van der Waals surface area contributed by atoms with Gasteiger partial charge in [-0.15, -0.1) is 0 Å². The predicted molar refractivity (Wildman–Crippen MR) is 30.2 cm³/mol. The Morgan fingerprint density at radius 2 is 2.29 bits per heavy atom. The Labute approximate surface area is 55.8 Å². The van der Waals surface area contributed by atoms with Gasteiger partial charge in [0.15, 0.2) is 0 Å². The van der Waals surface area contributed by atoms with Gasteiger partial charge in [0.05, 0.1) is 0 Å². The molecule has 0 aliphatic rings. The van der Waals surface area contributed by atoms with Gasteiger partial charge in [-0.25, -0.2) is 0 Å². The normalized spacial score (nSPS) is 9.43. The van der Waals surface area contributed by atoms with Crippen molar-refractivity contribution >= 4 is 26.3 Å². The SMILES string of the molecule is Cc1cc[c]([SnH])o1. The first-order valence-electron chi connectivity index (χ1n) is 2.11. The second-order valence-electron chi connectivity index (χ2n) is 1.45. The molecule has 0 spiro atoms. The van der Waals surface area contributed by atoms with Gasteiger partial charge >= 0.3 is 55.5 Å². The van der Waals surface area contributed by atoms with Crippen molar-refractivity contribution in [2.45, 2.75) is 6.92 Å². The van der Waals surface area contributed by atoms with E-state index in [1.54, 1.807) is 0 Å². The summed E-state index contributed by atoms with van der Waals surface area (Å²) in [6.07, 6.45) is 0. The van der Waals surface area contributed by atoms with Gasteiger partial charge in [-0.1, -0.05) is 0 Å². The molecule has 0 unspecified atom stereocenters. The third-order valence-electron chi connectivity index (χ3n) is 0.761. The fourth-order valence-corrected chi connectivity index (χ4v) is 1.26. The van der Waals surface area contributed by atoms with Crippen molar-refractivity contribution in [1.29, 1.82) is 0 Å². The second-order valence-corrected chi connectivity index (χ2v) is 3.07. The van der Waals surface area contributed by atoms with Crippen LogP contribution in [0.15, 0.2) is 16.5 Å². The molecule has 0 fully saturated rings. The van der Waals surface area contributed by atoms with Crippen molar-refractivity contribution in [1.82, 2.24) is 0 Å². The minimum atomic E-state index is 1.02. The first-order valence-corrected chi connectivity index (χ1v) is 3.76. The van der Waals surface area contributed by atoms with E-state index < -0.39 is 0 Å². The van der Waals surface area contributed by atoms with Crippen LogP contribution in [0.1, 0.15) is 5.76 Å². The summed E-state index contributed by atoms with van der Waals surface area (Å²) in [7, 11) is 0. The molecule has 0 aliphatic heterocycles. The van der Waals surface area contributed by atoms with Crippen LogP contribution >= 0.6 is 0 Å². The molecule has 0 saturated carbocycles. The van der Waals surface area contributed by atoms with Crippen LogP contribution in [0.5, 0.6) is 0 Å². The number of aryl methyl sites for hydroxylation is 1. The van der Waals surface area contributed by atoms with Gasteiger partial charge in [-0.2, -0.15) is 0 Å². The van der Waals surface area contributed by atoms with Gasteiger partial charge in [-0.3, -0.25) is 0 Å². The van der Waals surface area contributed by atoms with Crippen LogP contribution in [0.2, 0.25) is 0 Å². The summed E-state index contributed by atoms with van der Waals surface area (Å²) in [5.74, 6) is 1.02. The van der Waals surface area contributed by atoms with Crippen molar-refractivity contribution in [3.63, 3.8) is 0 Å². The Hall–Kier alpha value is 0.0787. The monoisotopic (exact) mass is 202 g/mol. The topological polar surface area (TPSA) is 13.1 Å². The van der Waals surface area contributed by atoms with E-state index in [4.69, 9.17) is 4.42 Å². The Morgan fingerprint density at radius 1 is 1.57 bits per heavy atom. The van der Waals surface area contributed by atoms with E-state index in [0.717, 1.165) is 32.1 Å². The average molecular weight is 201 g/mol. The van der Waals surface area contributed by atoms with Crippen LogP contribution in [0.4, 0.5) is 0 Å². The molecule has 0 aromatic carbocycles. The van der Waals surface area contributed by atoms with E-state index in [2.05, 4.69) is 0 Å². The van der Waals surface area contributed by atoms with Crippen LogP contribution in [-0.4, -0.2) is 22.5 Å². The molecule has 2 radical (unpaired) electrons. The third-order valence-corrected chi connectivity index (χ3v) is 1.65. The van der Waals surface area contributed by atoms with Crippen LogP contribution in [0.25, 0.3) is 0 Å². The van der Waals surface area contributed by atoms with Gasteiger partial charge in [0.1, 0.15) is 0 Å². The minimum absolute atomic E-state index is 1.02. The van der Waals surface area contributed by atoms with Crippen molar-refractivity contribution in [2.24, 2.45) is 0 Å². The summed E-state index contributed by atoms with van der Waals surface area (Å²) in [6, 6.07) is 4.00. The zero-order valence-electron chi connectivity index (χ0n) is 4.14. The molecular weight excluding hydrogens is 195 g/mol. The van der Waals surface area contributed by atoms with Gasteiger partial charge < -0.3 is 0 Å². The summed E-state index contributed by atoms with van der Waals surface area (Å²) >= 11 is 1.09. The van der Waals surface area contributed by atoms with E-state index >= 15 is 0 Å². The Morgan fingerprint density at radius 3 is 2.43 bits per heavy atom. The zero-order chi connectivity index (χ0) is 5.28. The molecule has 1 aromatic heterocycles. The summed E-state index contributed by atoms with van der Waals surface area (Å²) < 4.78 is 6.25. The molecule has 0 saturated heterocycles. The summed E-state index contributed by atoms with van der Waals surface area (Å²) in [6.45, 7) is 1.96. The number of hydrogen-bond acceptors (Lipinski definition) is 1. The Kier molecular flexibility index (Phi) is 1.42. The summed E-state index contributed by atoms with van der Waals surface area (Å²) in [4.78, 5) is 0. The standard InChI is InChI=1S/C5H5O.Sn.H/c1-5-3-2-4-6-5;;/h2-3H,1H3;;. The second kappa shape index (κ2) is 1.90. The maximum absolute atomic E-state index is 5.14. The fourth-order valence-electron chi connectivity index (χ4n) is 0.453. The van der Waals surface area contributed by atoms with Gasteiger partial charge in [-0.05, 0) is 0 Å². The molecule has 0 amide bonds. The van der Waals surface area contributed by atoms with Crippen molar-refractivity contribution < 1.29 is 4.42 Å². The fraction of sp³-hybridized carbons (Fsp3) is 0.200. The summed E-state index contributed by atoms with van der Waals surface area (Å²) in [5, 5.41) is 0. The maximum atomic E-state index is 5.14. The molecule has 0 bridgehead atoms. The first kappa shape index (κ1) is 5.22. The number of furan rings is 1. The van der Waals surface area contributed by atoms with Crippen LogP contribution in [0, 0.1) is 6.92 Å². The van der Waals surface area contributed by atoms with E-state index in [0.29, 0.717) is 0 Å². The van der Waals surface area contributed by atoms with Gasteiger partial charge in [0.2, 0.25) is 0 Å². The van der Waals surface area contributed by atoms with E-state index in [-0.39, 0.29) is 0 Å². The third kappa shape index (κ3) is 1.23. The molecule has 36 valence electrons. The molecule has 2 heteroatoms. The van der Waals surface area contributed by atoms with Crippen molar-refractivity contribution in [3.05, 3.63) is 17.9 Å². The molecule has 0 aliphatic carbocycles. The zero-order valence-corrected chi connectivity index (χ0v) is 7.44. The van der Waals surface area contributed by atoms with Crippen LogP contribution < -0.4 is 3.78 Å². The molecule has 1 aromatic rings. The first-order chi connectivity index (χ1) is 3.29. The molecular formula is C5H6OSn. The molecule has 1 rings (SSSR count). The average Bonchev–Trinajstić information content (AvgIpc) is 1.87. The van der Waals surface area contributed by atoms with Crippen LogP contribution in [0.3, 0.4) is 0 Å². The Bertz CT molecular complexity index is 140. The molecule has 0 atom stereocenters. The van der Waals surface area contributed by atoms with Crippen molar-refractivity contribution in [3.8, 4) is 0 Å². The van der Waals surface area contributed by atoms with Gasteiger partial charge in [0, 0.05) is 0 Å². The summed E-state index contributed by atoms with van der Waals surface area (Å²) in [5.41, 5.74) is 0. The molecule has 1 heterocycles. The molecule has 7 heavy (non-hydrogen) atoms. The Balaban J connectivity index is 3.04. The van der Waals surface area contributed by atoms with E-state index in [9.17, 15) is 0 Å². The molecule has 0 N–H and O–H groups in total. The van der Waals surface area contributed by atoms with Gasteiger partial charge in [0.25, 0.3) is 0 Å².